The Hall–Kier alpha value is -2.02. The second-order valence-corrected chi connectivity index (χ2v) is 8.80. The molecule has 1 aliphatic rings. The van der Waals surface area contributed by atoms with Crippen LogP contribution in [0.4, 0.5) is 5.82 Å². The van der Waals surface area contributed by atoms with Gasteiger partial charge in [0.05, 0.1) is 25.1 Å². The number of aryl methyl sites for hydroxylation is 3. The number of ether oxygens (including phenoxy) is 1. The van der Waals surface area contributed by atoms with Gasteiger partial charge in [0.2, 0.25) is 0 Å². The van der Waals surface area contributed by atoms with Crippen molar-refractivity contribution in [3.8, 4) is 0 Å². The molecule has 28 heavy (non-hydrogen) atoms. The van der Waals surface area contributed by atoms with Crippen molar-refractivity contribution in [1.82, 2.24) is 14.9 Å². The molecule has 0 saturated carbocycles. The molecule has 148 valence electrons. The Morgan fingerprint density at radius 3 is 2.61 bits per heavy atom. The molecule has 3 aromatic rings. The molecule has 1 saturated heterocycles. The number of fused-ring (bicyclic) bond motifs is 1. The average molecular weight is 397 g/mol. The van der Waals surface area contributed by atoms with Crippen LogP contribution in [0, 0.1) is 20.8 Å². The molecule has 0 N–H and O–H groups in total. The molecular formula is C22H28N4OS. The van der Waals surface area contributed by atoms with E-state index in [9.17, 15) is 0 Å². The molecule has 0 spiro atoms. The van der Waals surface area contributed by atoms with Gasteiger partial charge in [-0.1, -0.05) is 24.3 Å². The molecule has 2 aromatic heterocycles. The molecule has 5 nitrogen and oxygen atoms in total. The minimum absolute atomic E-state index is 0.778. The largest absolute Gasteiger partial charge is 0.379 e. The second kappa shape index (κ2) is 8.15. The fraction of sp³-hybridized carbons (Fsp3) is 0.455. The highest BCUT2D eigenvalue weighted by Crippen LogP contribution is 2.35. The first-order chi connectivity index (χ1) is 13.5. The van der Waals surface area contributed by atoms with E-state index in [1.807, 2.05) is 0 Å². The molecule has 0 radical (unpaired) electrons. The van der Waals surface area contributed by atoms with Gasteiger partial charge in [-0.3, -0.25) is 4.90 Å². The fourth-order valence-corrected chi connectivity index (χ4v) is 4.74. The van der Waals surface area contributed by atoms with Crippen molar-refractivity contribution in [2.45, 2.75) is 33.9 Å². The van der Waals surface area contributed by atoms with E-state index < -0.39 is 0 Å². The van der Waals surface area contributed by atoms with Crippen LogP contribution in [-0.4, -0.2) is 48.2 Å². The standard InChI is InChI=1S/C22H28N4OS/c1-15-7-5-6-8-18(15)13-25(4)21-20-16(2)17(3)28-22(20)24-19(23-21)14-26-9-11-27-12-10-26/h5-8H,9-14H2,1-4H3. The Labute approximate surface area is 171 Å². The number of rotatable bonds is 5. The topological polar surface area (TPSA) is 41.5 Å². The van der Waals surface area contributed by atoms with Crippen LogP contribution in [0.15, 0.2) is 24.3 Å². The average Bonchev–Trinajstić information content (AvgIpc) is 2.97. The number of anilines is 1. The lowest BCUT2D eigenvalue weighted by atomic mass is 10.1. The lowest BCUT2D eigenvalue weighted by molar-refractivity contribution is 0.0331. The van der Waals surface area contributed by atoms with Crippen molar-refractivity contribution in [1.29, 1.82) is 0 Å². The van der Waals surface area contributed by atoms with Crippen LogP contribution in [-0.2, 0) is 17.8 Å². The highest BCUT2D eigenvalue weighted by atomic mass is 32.1. The van der Waals surface area contributed by atoms with E-state index in [2.05, 4.69) is 61.9 Å². The molecule has 0 bridgehead atoms. The Balaban J connectivity index is 1.70. The number of hydrogen-bond donors (Lipinski definition) is 0. The van der Waals surface area contributed by atoms with Gasteiger partial charge in [0.25, 0.3) is 0 Å². The van der Waals surface area contributed by atoms with E-state index in [4.69, 9.17) is 14.7 Å². The molecule has 0 amide bonds. The van der Waals surface area contributed by atoms with Crippen molar-refractivity contribution in [3.63, 3.8) is 0 Å². The quantitative estimate of drug-likeness (QED) is 0.650. The van der Waals surface area contributed by atoms with Crippen LogP contribution in [0.25, 0.3) is 10.2 Å². The smallest absolute Gasteiger partial charge is 0.146 e. The first kappa shape index (κ1) is 19.3. The van der Waals surface area contributed by atoms with E-state index in [1.54, 1.807) is 11.3 Å². The molecule has 0 aliphatic carbocycles. The van der Waals surface area contributed by atoms with Gasteiger partial charge in [-0.15, -0.1) is 11.3 Å². The third-order valence-electron chi connectivity index (χ3n) is 5.55. The van der Waals surface area contributed by atoms with Gasteiger partial charge in [0.15, 0.2) is 0 Å². The first-order valence-corrected chi connectivity index (χ1v) is 10.7. The van der Waals surface area contributed by atoms with E-state index in [-0.39, 0.29) is 0 Å². The van der Waals surface area contributed by atoms with Crippen LogP contribution in [0.3, 0.4) is 0 Å². The normalized spacial score (nSPS) is 15.3. The van der Waals surface area contributed by atoms with Crippen LogP contribution < -0.4 is 4.90 Å². The van der Waals surface area contributed by atoms with Crippen LogP contribution in [0.1, 0.15) is 27.4 Å². The van der Waals surface area contributed by atoms with Gasteiger partial charge in [0, 0.05) is 31.6 Å². The molecule has 0 unspecified atom stereocenters. The summed E-state index contributed by atoms with van der Waals surface area (Å²) in [5.41, 5.74) is 3.94. The Morgan fingerprint density at radius 2 is 1.86 bits per heavy atom. The van der Waals surface area contributed by atoms with Crippen molar-refractivity contribution in [2.75, 3.05) is 38.3 Å². The van der Waals surface area contributed by atoms with Crippen LogP contribution in [0.2, 0.25) is 0 Å². The van der Waals surface area contributed by atoms with Crippen LogP contribution in [0.5, 0.6) is 0 Å². The second-order valence-electron chi connectivity index (χ2n) is 7.60. The van der Waals surface area contributed by atoms with Crippen molar-refractivity contribution in [2.24, 2.45) is 0 Å². The minimum Gasteiger partial charge on any atom is -0.379 e. The van der Waals surface area contributed by atoms with Gasteiger partial charge < -0.3 is 9.64 Å². The van der Waals surface area contributed by atoms with E-state index >= 15 is 0 Å². The van der Waals surface area contributed by atoms with E-state index in [1.165, 1.54) is 27.0 Å². The third kappa shape index (κ3) is 3.90. The molecule has 6 heteroatoms. The lowest BCUT2D eigenvalue weighted by Gasteiger charge is -2.26. The summed E-state index contributed by atoms with van der Waals surface area (Å²) in [6, 6.07) is 8.57. The predicted octanol–water partition coefficient (Wildman–Crippen LogP) is 4.09. The third-order valence-corrected chi connectivity index (χ3v) is 6.66. The predicted molar refractivity (Wildman–Crippen MR) is 116 cm³/mol. The van der Waals surface area contributed by atoms with Gasteiger partial charge in [0.1, 0.15) is 16.5 Å². The number of thiophene rings is 1. The van der Waals surface area contributed by atoms with Crippen LogP contribution >= 0.6 is 11.3 Å². The zero-order chi connectivity index (χ0) is 19.7. The summed E-state index contributed by atoms with van der Waals surface area (Å²) in [4.78, 5) is 17.0. The zero-order valence-corrected chi connectivity index (χ0v) is 18.0. The van der Waals surface area contributed by atoms with Crippen molar-refractivity contribution < 1.29 is 4.74 Å². The number of benzene rings is 1. The van der Waals surface area contributed by atoms with Gasteiger partial charge in [-0.25, -0.2) is 9.97 Å². The number of morpholine rings is 1. The fourth-order valence-electron chi connectivity index (χ4n) is 3.70. The minimum atomic E-state index is 0.778. The summed E-state index contributed by atoms with van der Waals surface area (Å²) >= 11 is 1.77. The van der Waals surface area contributed by atoms with E-state index in [0.717, 1.165) is 55.9 Å². The highest BCUT2D eigenvalue weighted by molar-refractivity contribution is 7.18. The summed E-state index contributed by atoms with van der Waals surface area (Å²) in [7, 11) is 2.14. The molecule has 4 rings (SSSR count). The Kier molecular flexibility index (Phi) is 5.62. The first-order valence-electron chi connectivity index (χ1n) is 9.85. The summed E-state index contributed by atoms with van der Waals surface area (Å²) < 4.78 is 5.48. The zero-order valence-electron chi connectivity index (χ0n) is 17.2. The summed E-state index contributed by atoms with van der Waals surface area (Å²) in [5, 5.41) is 1.20. The lowest BCUT2D eigenvalue weighted by Crippen LogP contribution is -2.36. The van der Waals surface area contributed by atoms with Gasteiger partial charge in [-0.05, 0) is 37.5 Å². The Bertz CT molecular complexity index is 978. The van der Waals surface area contributed by atoms with Gasteiger partial charge >= 0.3 is 0 Å². The molecule has 3 heterocycles. The molecule has 0 atom stereocenters. The van der Waals surface area contributed by atoms with Gasteiger partial charge in [-0.2, -0.15) is 0 Å². The summed E-state index contributed by atoms with van der Waals surface area (Å²) in [5.74, 6) is 1.95. The maximum atomic E-state index is 5.48. The molecule has 1 fully saturated rings. The molecule has 1 aliphatic heterocycles. The number of hydrogen-bond acceptors (Lipinski definition) is 6. The van der Waals surface area contributed by atoms with Crippen molar-refractivity contribution in [3.05, 3.63) is 51.7 Å². The maximum Gasteiger partial charge on any atom is 0.146 e. The molecule has 1 aromatic carbocycles. The van der Waals surface area contributed by atoms with Crippen molar-refractivity contribution >= 4 is 27.4 Å². The monoisotopic (exact) mass is 396 g/mol. The SMILES string of the molecule is Cc1ccccc1CN(C)c1nc(CN2CCOCC2)nc2sc(C)c(C)c12. The summed E-state index contributed by atoms with van der Waals surface area (Å²) in [6.07, 6.45) is 0. The maximum absolute atomic E-state index is 5.48. The van der Waals surface area contributed by atoms with E-state index in [0.29, 0.717) is 0 Å². The number of aromatic nitrogens is 2. The highest BCUT2D eigenvalue weighted by Gasteiger charge is 2.20. The number of nitrogens with zero attached hydrogens (tertiary/aromatic N) is 4. The Morgan fingerprint density at radius 1 is 1.11 bits per heavy atom. The molecular weight excluding hydrogens is 368 g/mol. The summed E-state index contributed by atoms with van der Waals surface area (Å²) in [6.45, 7) is 11.6.